The van der Waals surface area contributed by atoms with E-state index in [9.17, 15) is 13.6 Å². The van der Waals surface area contributed by atoms with Gasteiger partial charge in [-0.3, -0.25) is 9.69 Å². The van der Waals surface area contributed by atoms with E-state index in [-0.39, 0.29) is 24.0 Å². The third-order valence-corrected chi connectivity index (χ3v) is 5.65. The van der Waals surface area contributed by atoms with Crippen LogP contribution in [0.2, 0.25) is 0 Å². The molecule has 0 radical (unpaired) electrons. The Labute approximate surface area is 146 Å². The number of nitrogens with zero attached hydrogens (tertiary/aromatic N) is 1. The molecular weight excluding hydrogens is 326 g/mol. The number of amides is 1. The third kappa shape index (κ3) is 3.85. The van der Waals surface area contributed by atoms with E-state index >= 15 is 0 Å². The van der Waals surface area contributed by atoms with Crippen LogP contribution in [0.1, 0.15) is 31.2 Å². The molecule has 3 aliphatic rings. The van der Waals surface area contributed by atoms with Gasteiger partial charge in [0.2, 0.25) is 5.91 Å². The maximum atomic E-state index is 13.5. The quantitative estimate of drug-likeness (QED) is 0.887. The summed E-state index contributed by atoms with van der Waals surface area (Å²) in [5.41, 5.74) is 0.751. The first-order valence-corrected chi connectivity index (χ1v) is 9.17. The van der Waals surface area contributed by atoms with Gasteiger partial charge in [0.25, 0.3) is 0 Å². The monoisotopic (exact) mass is 350 g/mol. The van der Waals surface area contributed by atoms with Gasteiger partial charge in [-0.1, -0.05) is 6.07 Å². The van der Waals surface area contributed by atoms with E-state index in [0.717, 1.165) is 31.5 Å². The normalized spacial score (nSPS) is 29.4. The second-order valence-electron chi connectivity index (χ2n) is 7.55. The number of carbonyl (C=O) groups excluding carboxylic acids is 1. The maximum absolute atomic E-state index is 13.5. The Bertz CT molecular complexity index is 650. The van der Waals surface area contributed by atoms with Crippen molar-refractivity contribution in [1.82, 2.24) is 10.2 Å². The first kappa shape index (κ1) is 16.9. The number of ether oxygens (including phenoxy) is 1. The molecule has 1 N–H and O–H groups in total. The zero-order valence-electron chi connectivity index (χ0n) is 14.2. The van der Waals surface area contributed by atoms with Crippen molar-refractivity contribution in [3.05, 3.63) is 35.4 Å². The fourth-order valence-electron chi connectivity index (χ4n) is 4.02. The van der Waals surface area contributed by atoms with E-state index in [1.807, 2.05) is 0 Å². The van der Waals surface area contributed by atoms with Gasteiger partial charge in [0.05, 0.1) is 12.7 Å². The predicted molar refractivity (Wildman–Crippen MR) is 88.8 cm³/mol. The number of benzene rings is 1. The zero-order chi connectivity index (χ0) is 17.4. The molecule has 1 aromatic carbocycles. The van der Waals surface area contributed by atoms with Crippen molar-refractivity contribution < 1.29 is 18.3 Å². The highest BCUT2D eigenvalue weighted by Gasteiger charge is 2.43. The molecule has 25 heavy (non-hydrogen) atoms. The molecule has 1 aromatic rings. The molecule has 1 aliphatic heterocycles. The van der Waals surface area contributed by atoms with Crippen molar-refractivity contribution in [2.75, 3.05) is 19.7 Å². The summed E-state index contributed by atoms with van der Waals surface area (Å²) in [7, 11) is 0. The number of carbonyl (C=O) groups is 1. The highest BCUT2D eigenvalue weighted by molar-refractivity contribution is 5.79. The third-order valence-electron chi connectivity index (χ3n) is 5.65. The van der Waals surface area contributed by atoms with Crippen LogP contribution in [0.5, 0.6) is 0 Å². The second kappa shape index (κ2) is 7.00. The summed E-state index contributed by atoms with van der Waals surface area (Å²) in [4.78, 5) is 14.6. The predicted octanol–water partition coefficient (Wildman–Crippen LogP) is 2.47. The van der Waals surface area contributed by atoms with Gasteiger partial charge in [-0.15, -0.1) is 0 Å². The Kier molecular flexibility index (Phi) is 4.73. The Hall–Kier alpha value is -1.53. The van der Waals surface area contributed by atoms with Gasteiger partial charge in [0.1, 0.15) is 0 Å². The summed E-state index contributed by atoms with van der Waals surface area (Å²) < 4.78 is 32.4. The van der Waals surface area contributed by atoms with E-state index in [1.165, 1.54) is 25.0 Å². The fourth-order valence-corrected chi connectivity index (χ4v) is 4.02. The highest BCUT2D eigenvalue weighted by Crippen LogP contribution is 2.35. The summed E-state index contributed by atoms with van der Waals surface area (Å²) in [5.74, 6) is -0.839. The average Bonchev–Trinajstić information content (AvgIpc) is 3.32. The first-order valence-electron chi connectivity index (χ1n) is 9.17. The summed E-state index contributed by atoms with van der Waals surface area (Å²) in [6, 6.07) is 4.22. The molecule has 3 fully saturated rings. The molecule has 0 unspecified atom stereocenters. The van der Waals surface area contributed by atoms with Gasteiger partial charge in [-0.25, -0.2) is 8.78 Å². The molecular formula is C19H24F2N2O2. The first-order chi connectivity index (χ1) is 12.1. The molecule has 4 nitrogen and oxygen atoms in total. The lowest BCUT2D eigenvalue weighted by Crippen LogP contribution is -2.47. The van der Waals surface area contributed by atoms with E-state index in [4.69, 9.17) is 4.74 Å². The van der Waals surface area contributed by atoms with Crippen molar-refractivity contribution in [2.45, 2.75) is 44.4 Å². The van der Waals surface area contributed by atoms with Gasteiger partial charge in [0, 0.05) is 31.6 Å². The maximum Gasteiger partial charge on any atom is 0.223 e. The molecule has 2 saturated carbocycles. The molecule has 1 heterocycles. The highest BCUT2D eigenvalue weighted by atomic mass is 19.2. The van der Waals surface area contributed by atoms with Crippen LogP contribution in [-0.2, 0) is 16.1 Å². The Balaban J connectivity index is 1.38. The van der Waals surface area contributed by atoms with Crippen LogP contribution in [0, 0.1) is 23.5 Å². The molecule has 0 bridgehead atoms. The summed E-state index contributed by atoms with van der Waals surface area (Å²) in [5, 5.41) is 3.07. The van der Waals surface area contributed by atoms with Crippen LogP contribution >= 0.6 is 0 Å². The Morgan fingerprint density at radius 3 is 2.84 bits per heavy atom. The van der Waals surface area contributed by atoms with Gasteiger partial charge in [0.15, 0.2) is 11.6 Å². The minimum Gasteiger partial charge on any atom is -0.375 e. The minimum atomic E-state index is -0.822. The van der Waals surface area contributed by atoms with E-state index in [2.05, 4.69) is 10.2 Å². The van der Waals surface area contributed by atoms with Gasteiger partial charge < -0.3 is 10.1 Å². The molecule has 136 valence electrons. The standard InChI is InChI=1S/C19H24F2N2O2/c20-15-4-3-13(7-16(15)21)11-23-5-6-25-18-9-14(8-17(18)23)19(24)22-10-12-1-2-12/h3-4,7,12,14,17-18H,1-2,5-6,8-11H2,(H,22,24)/t14-,17+,18+/m0/s1. The van der Waals surface area contributed by atoms with Crippen LogP contribution in [0.25, 0.3) is 0 Å². The van der Waals surface area contributed by atoms with Gasteiger partial charge in [-0.05, 0) is 49.3 Å². The Morgan fingerprint density at radius 2 is 2.08 bits per heavy atom. The number of morpholine rings is 1. The molecule has 3 atom stereocenters. The van der Waals surface area contributed by atoms with Crippen molar-refractivity contribution in [3.63, 3.8) is 0 Å². The fraction of sp³-hybridized carbons (Fsp3) is 0.632. The number of fused-ring (bicyclic) bond motifs is 1. The number of rotatable bonds is 5. The van der Waals surface area contributed by atoms with Crippen molar-refractivity contribution in [1.29, 1.82) is 0 Å². The van der Waals surface area contributed by atoms with Gasteiger partial charge >= 0.3 is 0 Å². The topological polar surface area (TPSA) is 41.6 Å². The molecule has 0 spiro atoms. The van der Waals surface area contributed by atoms with E-state index in [0.29, 0.717) is 19.1 Å². The minimum absolute atomic E-state index is 0.0145. The SMILES string of the molecule is O=C(NCC1CC1)[C@H]1C[C@@H]2[C@@H](C1)OCCN2Cc1ccc(F)c(F)c1. The van der Waals surface area contributed by atoms with Crippen LogP contribution in [-0.4, -0.2) is 42.6 Å². The lowest BCUT2D eigenvalue weighted by molar-refractivity contribution is -0.125. The van der Waals surface area contributed by atoms with Crippen molar-refractivity contribution in [3.8, 4) is 0 Å². The molecule has 1 saturated heterocycles. The molecule has 0 aromatic heterocycles. The van der Waals surface area contributed by atoms with Crippen LogP contribution in [0.4, 0.5) is 8.78 Å². The van der Waals surface area contributed by atoms with Crippen molar-refractivity contribution >= 4 is 5.91 Å². The van der Waals surface area contributed by atoms with E-state index in [1.54, 1.807) is 6.07 Å². The second-order valence-corrected chi connectivity index (χ2v) is 7.55. The van der Waals surface area contributed by atoms with E-state index < -0.39 is 11.6 Å². The zero-order valence-corrected chi connectivity index (χ0v) is 14.2. The van der Waals surface area contributed by atoms with Crippen LogP contribution in [0.3, 0.4) is 0 Å². The van der Waals surface area contributed by atoms with Gasteiger partial charge in [-0.2, -0.15) is 0 Å². The molecule has 4 rings (SSSR count). The number of hydrogen-bond acceptors (Lipinski definition) is 3. The lowest BCUT2D eigenvalue weighted by atomic mass is 10.1. The number of hydrogen-bond donors (Lipinski definition) is 1. The molecule has 1 amide bonds. The summed E-state index contributed by atoms with van der Waals surface area (Å²) >= 11 is 0. The largest absolute Gasteiger partial charge is 0.375 e. The van der Waals surface area contributed by atoms with Crippen LogP contribution in [0.15, 0.2) is 18.2 Å². The van der Waals surface area contributed by atoms with Crippen LogP contribution < -0.4 is 5.32 Å². The number of halogens is 2. The summed E-state index contributed by atoms with van der Waals surface area (Å²) in [6.45, 7) is 2.71. The lowest BCUT2D eigenvalue weighted by Gasteiger charge is -2.37. The smallest absolute Gasteiger partial charge is 0.223 e. The molecule has 6 heteroatoms. The Morgan fingerprint density at radius 1 is 1.24 bits per heavy atom. The molecule has 2 aliphatic carbocycles. The van der Waals surface area contributed by atoms with Crippen molar-refractivity contribution in [2.24, 2.45) is 11.8 Å². The number of nitrogens with one attached hydrogen (secondary N) is 1. The summed E-state index contributed by atoms with van der Waals surface area (Å²) in [6.07, 6.45) is 4.01. The average molecular weight is 350 g/mol.